The van der Waals surface area contributed by atoms with E-state index in [-0.39, 0.29) is 5.56 Å². The molecule has 0 bridgehead atoms. The second-order valence-electron chi connectivity index (χ2n) is 4.99. The number of methoxy groups -OCH3 is 2. The fourth-order valence-electron chi connectivity index (χ4n) is 2.24. The van der Waals surface area contributed by atoms with Crippen LogP contribution in [0.15, 0.2) is 35.4 Å². The maximum atomic E-state index is 12.5. The second-order valence-corrected chi connectivity index (χ2v) is 6.20. The molecule has 0 saturated carbocycles. The minimum Gasteiger partial charge on any atom is -0.497 e. The third-order valence-electron chi connectivity index (χ3n) is 3.42. The van der Waals surface area contributed by atoms with Crippen LogP contribution >= 0.6 is 11.3 Å². The molecule has 124 valence electrons. The van der Waals surface area contributed by atoms with Gasteiger partial charge >= 0.3 is 0 Å². The third kappa shape index (κ3) is 2.83. The standard InChI is InChI=1S/C16H15N3O4S/c1-9-8-19-15(21)11(7-17-16(19)24-9)14(20)18-12-5-4-10(22-2)6-13(12)23-3/h4-8H,1-3H3,(H,18,20). The molecule has 3 aromatic rings. The lowest BCUT2D eigenvalue weighted by Crippen LogP contribution is -2.26. The number of thiazole rings is 1. The van der Waals surface area contributed by atoms with Crippen LogP contribution in [0.4, 0.5) is 5.69 Å². The number of aryl methyl sites for hydroxylation is 1. The number of nitrogens with zero attached hydrogens (tertiary/aromatic N) is 2. The third-order valence-corrected chi connectivity index (χ3v) is 4.34. The molecule has 2 heterocycles. The normalized spacial score (nSPS) is 10.6. The number of hydrogen-bond acceptors (Lipinski definition) is 6. The SMILES string of the molecule is COc1ccc(NC(=O)c2cnc3sc(C)cn3c2=O)c(OC)c1. The van der Waals surface area contributed by atoms with Crippen molar-refractivity contribution in [2.45, 2.75) is 6.92 Å². The number of benzene rings is 1. The van der Waals surface area contributed by atoms with Gasteiger partial charge in [0.15, 0.2) is 4.96 Å². The number of hydrogen-bond donors (Lipinski definition) is 1. The first-order valence-electron chi connectivity index (χ1n) is 7.04. The molecule has 0 fully saturated rings. The topological polar surface area (TPSA) is 81.9 Å². The highest BCUT2D eigenvalue weighted by Crippen LogP contribution is 2.29. The van der Waals surface area contributed by atoms with Gasteiger partial charge in [0.2, 0.25) is 0 Å². The van der Waals surface area contributed by atoms with Gasteiger partial charge in [-0.2, -0.15) is 0 Å². The predicted molar refractivity (Wildman–Crippen MR) is 91.6 cm³/mol. The number of carbonyl (C=O) groups excluding carboxylic acids is 1. The Morgan fingerprint density at radius 3 is 2.79 bits per heavy atom. The number of aromatic nitrogens is 2. The zero-order valence-electron chi connectivity index (χ0n) is 13.3. The van der Waals surface area contributed by atoms with Crippen molar-refractivity contribution in [3.63, 3.8) is 0 Å². The van der Waals surface area contributed by atoms with E-state index in [2.05, 4.69) is 10.3 Å². The molecular weight excluding hydrogens is 330 g/mol. The summed E-state index contributed by atoms with van der Waals surface area (Å²) in [5.41, 5.74) is -0.00760. The number of fused-ring (bicyclic) bond motifs is 1. The maximum Gasteiger partial charge on any atom is 0.271 e. The zero-order chi connectivity index (χ0) is 17.3. The van der Waals surface area contributed by atoms with Gasteiger partial charge in [-0.05, 0) is 19.1 Å². The monoisotopic (exact) mass is 345 g/mol. The van der Waals surface area contributed by atoms with Crippen LogP contribution in [-0.2, 0) is 0 Å². The Balaban J connectivity index is 1.96. The van der Waals surface area contributed by atoms with Crippen LogP contribution < -0.4 is 20.3 Å². The van der Waals surface area contributed by atoms with Crippen molar-refractivity contribution in [2.75, 3.05) is 19.5 Å². The summed E-state index contributed by atoms with van der Waals surface area (Å²) >= 11 is 1.39. The van der Waals surface area contributed by atoms with Gasteiger partial charge in [-0.1, -0.05) is 0 Å². The fraction of sp³-hybridized carbons (Fsp3) is 0.188. The summed E-state index contributed by atoms with van der Waals surface area (Å²) in [5, 5.41) is 2.67. The molecule has 2 aromatic heterocycles. The largest absolute Gasteiger partial charge is 0.497 e. The van der Waals surface area contributed by atoms with Gasteiger partial charge in [-0.3, -0.25) is 14.0 Å². The molecule has 1 aromatic carbocycles. The number of anilines is 1. The van der Waals surface area contributed by atoms with Gasteiger partial charge in [-0.25, -0.2) is 4.98 Å². The molecule has 0 aliphatic rings. The lowest BCUT2D eigenvalue weighted by Gasteiger charge is -2.11. The number of amides is 1. The minimum absolute atomic E-state index is 0.0387. The second kappa shape index (κ2) is 6.32. The van der Waals surface area contributed by atoms with Crippen LogP contribution in [0.3, 0.4) is 0 Å². The first-order chi connectivity index (χ1) is 11.5. The highest BCUT2D eigenvalue weighted by atomic mass is 32.1. The van der Waals surface area contributed by atoms with Crippen LogP contribution in [0.1, 0.15) is 15.2 Å². The summed E-state index contributed by atoms with van der Waals surface area (Å²) in [6.07, 6.45) is 2.96. The first kappa shape index (κ1) is 16.0. The van der Waals surface area contributed by atoms with E-state index in [1.165, 1.54) is 36.2 Å². The Labute approximate surface area is 141 Å². The highest BCUT2D eigenvalue weighted by Gasteiger charge is 2.16. The molecule has 0 atom stereocenters. The average Bonchev–Trinajstić information content (AvgIpc) is 2.96. The molecule has 8 heteroatoms. The summed E-state index contributed by atoms with van der Waals surface area (Å²) in [4.78, 5) is 30.6. The lowest BCUT2D eigenvalue weighted by atomic mass is 10.2. The molecule has 0 unspecified atom stereocenters. The number of rotatable bonds is 4. The molecule has 0 radical (unpaired) electrons. The van der Waals surface area contributed by atoms with E-state index >= 15 is 0 Å². The molecule has 24 heavy (non-hydrogen) atoms. The van der Waals surface area contributed by atoms with Crippen molar-refractivity contribution >= 4 is 27.9 Å². The fourth-order valence-corrected chi connectivity index (χ4v) is 3.03. The lowest BCUT2D eigenvalue weighted by molar-refractivity contribution is 0.102. The van der Waals surface area contributed by atoms with Crippen molar-refractivity contribution in [1.29, 1.82) is 0 Å². The number of nitrogens with one attached hydrogen (secondary N) is 1. The smallest absolute Gasteiger partial charge is 0.271 e. The molecule has 0 aliphatic heterocycles. The molecule has 0 aliphatic carbocycles. The molecule has 0 saturated heterocycles. The quantitative estimate of drug-likeness (QED) is 0.785. The van der Waals surface area contributed by atoms with Crippen molar-refractivity contribution < 1.29 is 14.3 Å². The van der Waals surface area contributed by atoms with E-state index in [1.807, 2.05) is 6.92 Å². The summed E-state index contributed by atoms with van der Waals surface area (Å²) in [5.74, 6) is 0.485. The van der Waals surface area contributed by atoms with Crippen LogP contribution in [0.2, 0.25) is 0 Å². The van der Waals surface area contributed by atoms with E-state index in [0.29, 0.717) is 22.1 Å². The van der Waals surface area contributed by atoms with Crippen LogP contribution in [-0.4, -0.2) is 29.5 Å². The van der Waals surface area contributed by atoms with E-state index < -0.39 is 11.5 Å². The Kier molecular flexibility index (Phi) is 4.22. The molecule has 1 N–H and O–H groups in total. The van der Waals surface area contributed by atoms with Crippen LogP contribution in [0, 0.1) is 6.92 Å². The molecule has 1 amide bonds. The summed E-state index contributed by atoms with van der Waals surface area (Å²) in [7, 11) is 3.03. The summed E-state index contributed by atoms with van der Waals surface area (Å²) in [6, 6.07) is 4.98. The van der Waals surface area contributed by atoms with Crippen molar-refractivity contribution in [2.24, 2.45) is 0 Å². The van der Waals surface area contributed by atoms with Crippen molar-refractivity contribution in [1.82, 2.24) is 9.38 Å². The molecular formula is C16H15N3O4S. The summed E-state index contributed by atoms with van der Waals surface area (Å²) < 4.78 is 11.7. The van der Waals surface area contributed by atoms with Gasteiger partial charge in [-0.15, -0.1) is 11.3 Å². The van der Waals surface area contributed by atoms with E-state index in [4.69, 9.17) is 9.47 Å². The number of carbonyl (C=O) groups is 1. The van der Waals surface area contributed by atoms with Gasteiger partial charge in [0.1, 0.15) is 17.1 Å². The molecule has 0 spiro atoms. The highest BCUT2D eigenvalue weighted by molar-refractivity contribution is 7.16. The first-order valence-corrected chi connectivity index (χ1v) is 7.86. The van der Waals surface area contributed by atoms with E-state index in [9.17, 15) is 9.59 Å². The summed E-state index contributed by atoms with van der Waals surface area (Å²) in [6.45, 7) is 1.88. The van der Waals surface area contributed by atoms with E-state index in [0.717, 1.165) is 4.88 Å². The zero-order valence-corrected chi connectivity index (χ0v) is 14.1. The van der Waals surface area contributed by atoms with Gasteiger partial charge in [0.05, 0.1) is 19.9 Å². The average molecular weight is 345 g/mol. The van der Waals surface area contributed by atoms with E-state index in [1.54, 1.807) is 24.4 Å². The Morgan fingerprint density at radius 1 is 1.29 bits per heavy atom. The van der Waals surface area contributed by atoms with Crippen molar-refractivity contribution in [3.05, 3.63) is 51.4 Å². The predicted octanol–water partition coefficient (Wildman–Crippen LogP) is 2.33. The van der Waals surface area contributed by atoms with Gasteiger partial charge in [0, 0.05) is 23.3 Å². The minimum atomic E-state index is -0.547. The molecule has 3 rings (SSSR count). The Bertz CT molecular complexity index is 977. The number of ether oxygens (including phenoxy) is 2. The Morgan fingerprint density at radius 2 is 2.08 bits per heavy atom. The van der Waals surface area contributed by atoms with Crippen LogP contribution in [0.5, 0.6) is 11.5 Å². The molecule has 7 nitrogen and oxygen atoms in total. The van der Waals surface area contributed by atoms with Crippen LogP contribution in [0.25, 0.3) is 4.96 Å². The van der Waals surface area contributed by atoms with Gasteiger partial charge in [0.25, 0.3) is 11.5 Å². The van der Waals surface area contributed by atoms with Gasteiger partial charge < -0.3 is 14.8 Å². The van der Waals surface area contributed by atoms with Crippen molar-refractivity contribution in [3.8, 4) is 11.5 Å². The Hall–Kier alpha value is -2.87. The maximum absolute atomic E-state index is 12.5.